The summed E-state index contributed by atoms with van der Waals surface area (Å²) in [5.41, 5.74) is 13.5. The number of pyridine rings is 1. The van der Waals surface area contributed by atoms with E-state index in [1.807, 2.05) is 12.1 Å². The molecule has 1 aliphatic rings. The Labute approximate surface area is 377 Å². The summed E-state index contributed by atoms with van der Waals surface area (Å²) in [6, 6.07) is 76.1. The highest BCUT2D eigenvalue weighted by Crippen LogP contribution is 2.54. The molecule has 0 amide bonds. The minimum absolute atomic E-state index is 0.793. The van der Waals surface area contributed by atoms with Crippen molar-refractivity contribution in [1.82, 2.24) is 9.38 Å². The fraction of sp³-hybridized carbons (Fsp3) is 0. The van der Waals surface area contributed by atoms with Gasteiger partial charge in [-0.1, -0.05) is 127 Å². The normalized spacial score (nSPS) is 12.6. The second-order valence-electron chi connectivity index (χ2n) is 17.4. The molecular formula is C61H35N3O2. The minimum atomic E-state index is 0.793. The van der Waals surface area contributed by atoms with E-state index in [9.17, 15) is 0 Å². The van der Waals surface area contributed by atoms with E-state index in [1.54, 1.807) is 0 Å². The Balaban J connectivity index is 0.939. The SMILES string of the molecule is c1ccc(N2c3ccc(-c4ccc5c(c4)oc4ccccc45)cc3Oc3cc4c(cc32)c2ccccc2c2c(-c3ccc5c(c3)c3ccccc3n3c6ccccc6nc53)cccc42)cc1. The smallest absolute Gasteiger partial charge is 0.152 e. The van der Waals surface area contributed by atoms with Crippen molar-refractivity contribution < 1.29 is 9.15 Å². The largest absolute Gasteiger partial charge is 0.456 e. The predicted octanol–water partition coefficient (Wildman–Crippen LogP) is 17.1. The van der Waals surface area contributed by atoms with Gasteiger partial charge >= 0.3 is 0 Å². The molecule has 0 fully saturated rings. The van der Waals surface area contributed by atoms with Crippen molar-refractivity contribution >= 4 is 110 Å². The number of aromatic nitrogens is 2. The molecule has 0 N–H and O–H groups in total. The molecule has 0 aliphatic carbocycles. The molecule has 1 aliphatic heterocycles. The second kappa shape index (κ2) is 13.3. The zero-order valence-electron chi connectivity index (χ0n) is 35.4. The topological polar surface area (TPSA) is 42.9 Å². The van der Waals surface area contributed by atoms with Gasteiger partial charge in [-0.3, -0.25) is 4.40 Å². The Morgan fingerprint density at radius 2 is 1.00 bits per heavy atom. The number of benzene rings is 11. The van der Waals surface area contributed by atoms with Gasteiger partial charge in [0.2, 0.25) is 0 Å². The van der Waals surface area contributed by atoms with Crippen LogP contribution in [0.3, 0.4) is 0 Å². The van der Waals surface area contributed by atoms with Crippen molar-refractivity contribution in [1.29, 1.82) is 0 Å². The van der Waals surface area contributed by atoms with E-state index in [2.05, 4.69) is 209 Å². The molecule has 66 heavy (non-hydrogen) atoms. The number of fused-ring (bicyclic) bond motifs is 19. The molecule has 306 valence electrons. The van der Waals surface area contributed by atoms with Crippen LogP contribution in [0.5, 0.6) is 11.5 Å². The Morgan fingerprint density at radius 1 is 0.364 bits per heavy atom. The first kappa shape index (κ1) is 35.5. The second-order valence-corrected chi connectivity index (χ2v) is 17.4. The van der Waals surface area contributed by atoms with Crippen LogP contribution in [0.1, 0.15) is 0 Å². The van der Waals surface area contributed by atoms with Crippen LogP contribution in [0.25, 0.3) is 115 Å². The average molecular weight is 842 g/mol. The molecular weight excluding hydrogens is 807 g/mol. The van der Waals surface area contributed by atoms with Gasteiger partial charge < -0.3 is 14.1 Å². The van der Waals surface area contributed by atoms with Crippen molar-refractivity contribution in [2.24, 2.45) is 0 Å². The molecule has 0 saturated carbocycles. The lowest BCUT2D eigenvalue weighted by atomic mass is 9.88. The maximum absolute atomic E-state index is 7.08. The molecule has 5 nitrogen and oxygen atoms in total. The van der Waals surface area contributed by atoms with Gasteiger partial charge in [0.25, 0.3) is 0 Å². The lowest BCUT2D eigenvalue weighted by Gasteiger charge is -2.33. The summed E-state index contributed by atoms with van der Waals surface area (Å²) in [6.45, 7) is 0. The number of hydrogen-bond donors (Lipinski definition) is 0. The molecule has 0 saturated heterocycles. The van der Waals surface area contributed by atoms with Crippen LogP contribution in [0.4, 0.5) is 17.1 Å². The van der Waals surface area contributed by atoms with Crippen molar-refractivity contribution in [3.8, 4) is 33.8 Å². The third-order valence-electron chi connectivity index (χ3n) is 13.9. The number of hydrogen-bond acceptors (Lipinski definition) is 4. The molecule has 15 rings (SSSR count). The van der Waals surface area contributed by atoms with Gasteiger partial charge in [0.05, 0.1) is 27.9 Å². The van der Waals surface area contributed by atoms with Gasteiger partial charge in [0, 0.05) is 27.2 Å². The molecule has 0 atom stereocenters. The Kier molecular flexibility index (Phi) is 7.16. The molecule has 14 aromatic rings. The molecule has 0 radical (unpaired) electrons. The molecule has 0 bridgehead atoms. The summed E-state index contributed by atoms with van der Waals surface area (Å²) in [5, 5.41) is 12.9. The highest BCUT2D eigenvalue weighted by Gasteiger charge is 2.28. The summed E-state index contributed by atoms with van der Waals surface area (Å²) in [5.74, 6) is 1.60. The van der Waals surface area contributed by atoms with Crippen LogP contribution in [0.2, 0.25) is 0 Å². The van der Waals surface area contributed by atoms with Gasteiger partial charge in [0.15, 0.2) is 11.5 Å². The summed E-state index contributed by atoms with van der Waals surface area (Å²) >= 11 is 0. The summed E-state index contributed by atoms with van der Waals surface area (Å²) in [7, 11) is 0. The molecule has 11 aromatic carbocycles. The van der Waals surface area contributed by atoms with Crippen molar-refractivity contribution in [2.45, 2.75) is 0 Å². The number of para-hydroxylation sites is 5. The lowest BCUT2D eigenvalue weighted by molar-refractivity contribution is 0.478. The summed E-state index contributed by atoms with van der Waals surface area (Å²) < 4.78 is 15.7. The quantitative estimate of drug-likeness (QED) is 0.166. The Hall–Kier alpha value is -8.93. The number of furan rings is 1. The van der Waals surface area contributed by atoms with E-state index in [1.165, 1.54) is 43.3 Å². The maximum Gasteiger partial charge on any atom is 0.152 e. The molecule has 5 heteroatoms. The first-order valence-corrected chi connectivity index (χ1v) is 22.4. The molecule has 0 spiro atoms. The predicted molar refractivity (Wildman–Crippen MR) is 273 cm³/mol. The van der Waals surface area contributed by atoms with E-state index >= 15 is 0 Å². The highest BCUT2D eigenvalue weighted by atomic mass is 16.5. The first-order valence-electron chi connectivity index (χ1n) is 22.4. The first-order chi connectivity index (χ1) is 32.7. The van der Waals surface area contributed by atoms with Gasteiger partial charge in [-0.2, -0.15) is 0 Å². The summed E-state index contributed by atoms with van der Waals surface area (Å²) in [6.07, 6.45) is 0. The van der Waals surface area contributed by atoms with E-state index in [4.69, 9.17) is 14.1 Å². The zero-order valence-corrected chi connectivity index (χ0v) is 35.4. The van der Waals surface area contributed by atoms with Crippen molar-refractivity contribution in [2.75, 3.05) is 4.90 Å². The van der Waals surface area contributed by atoms with E-state index < -0.39 is 0 Å². The van der Waals surface area contributed by atoms with Crippen LogP contribution in [0, 0.1) is 0 Å². The fourth-order valence-corrected chi connectivity index (χ4v) is 11.0. The number of nitrogens with zero attached hydrogens (tertiary/aromatic N) is 3. The standard InChI is InChI=1S/C61H35N3O2/c1-2-13-39(14-3-1)63-54-30-27-37(36-25-28-44-43-17-7-11-24-56(43)65-57(44)32-36)33-58(54)66-59-35-50-46-20-12-19-40(60(46)45-18-5-4-15-41(45)49(50)34-55(59)63)38-26-29-47-48(31-38)42-16-6-9-22-52(42)64-53-23-10-8-21-51(53)62-61(47)64/h1-35H. The van der Waals surface area contributed by atoms with E-state index in [0.29, 0.717) is 0 Å². The molecule has 4 heterocycles. The van der Waals surface area contributed by atoms with Crippen molar-refractivity contribution in [3.63, 3.8) is 0 Å². The van der Waals surface area contributed by atoms with Crippen LogP contribution in [0.15, 0.2) is 217 Å². The van der Waals surface area contributed by atoms with Gasteiger partial charge in [-0.05, 0) is 145 Å². The Morgan fingerprint density at radius 3 is 1.91 bits per heavy atom. The number of anilines is 3. The number of imidazole rings is 1. The maximum atomic E-state index is 7.08. The van der Waals surface area contributed by atoms with Gasteiger partial charge in [-0.25, -0.2) is 4.98 Å². The average Bonchev–Trinajstić information content (AvgIpc) is 3.96. The highest BCUT2D eigenvalue weighted by molar-refractivity contribution is 6.29. The fourth-order valence-electron chi connectivity index (χ4n) is 11.0. The lowest BCUT2D eigenvalue weighted by Crippen LogP contribution is -2.16. The third kappa shape index (κ3) is 4.97. The van der Waals surface area contributed by atoms with Gasteiger partial charge in [0.1, 0.15) is 16.8 Å². The van der Waals surface area contributed by atoms with Crippen LogP contribution >= 0.6 is 0 Å². The third-order valence-corrected chi connectivity index (χ3v) is 13.9. The van der Waals surface area contributed by atoms with Crippen LogP contribution in [-0.4, -0.2) is 9.38 Å². The van der Waals surface area contributed by atoms with E-state index in [0.717, 1.165) is 100 Å². The van der Waals surface area contributed by atoms with Gasteiger partial charge in [-0.15, -0.1) is 0 Å². The molecule has 3 aromatic heterocycles. The number of ether oxygens (including phenoxy) is 1. The Bertz CT molecular complexity index is 4390. The van der Waals surface area contributed by atoms with Crippen LogP contribution < -0.4 is 9.64 Å². The van der Waals surface area contributed by atoms with Crippen molar-refractivity contribution in [3.05, 3.63) is 212 Å². The molecule has 0 unspecified atom stereocenters. The van der Waals surface area contributed by atoms with E-state index in [-0.39, 0.29) is 0 Å². The van der Waals surface area contributed by atoms with Crippen LogP contribution in [-0.2, 0) is 0 Å². The monoisotopic (exact) mass is 841 g/mol. The number of rotatable bonds is 3. The minimum Gasteiger partial charge on any atom is -0.456 e. The zero-order chi connectivity index (χ0) is 43.0. The summed E-state index contributed by atoms with van der Waals surface area (Å²) in [4.78, 5) is 7.52.